The molecule has 9 nitrogen and oxygen atoms in total. The predicted molar refractivity (Wildman–Crippen MR) is 160 cm³/mol. The number of aliphatic hydroxyl groups is 1. The van der Waals surface area contributed by atoms with Crippen molar-refractivity contribution in [1.29, 1.82) is 0 Å². The maximum atomic E-state index is 11.5. The van der Waals surface area contributed by atoms with E-state index in [0.717, 1.165) is 45.3 Å². The van der Waals surface area contributed by atoms with E-state index in [9.17, 15) is 24.9 Å². The third-order valence-electron chi connectivity index (χ3n) is 8.17. The first kappa shape index (κ1) is 31.5. The Hall–Kier alpha value is -4.40. The molecule has 0 aliphatic carbocycles. The van der Waals surface area contributed by atoms with Crippen molar-refractivity contribution in [2.45, 2.75) is 53.4 Å². The summed E-state index contributed by atoms with van der Waals surface area (Å²) >= 11 is 0. The van der Waals surface area contributed by atoms with Crippen molar-refractivity contribution in [2.24, 2.45) is 5.92 Å². The van der Waals surface area contributed by atoms with Crippen LogP contribution in [0, 0.1) is 26.7 Å². The number of nitrogens with zero attached hydrogens (tertiary/aromatic N) is 4. The van der Waals surface area contributed by atoms with Gasteiger partial charge in [0, 0.05) is 18.8 Å². The summed E-state index contributed by atoms with van der Waals surface area (Å²) in [6, 6.07) is 0. The Morgan fingerprint density at radius 2 is 1.42 bits per heavy atom. The van der Waals surface area contributed by atoms with Crippen molar-refractivity contribution in [3.05, 3.63) is 101 Å². The first-order valence-electron chi connectivity index (χ1n) is 13.7. The van der Waals surface area contributed by atoms with Gasteiger partial charge in [-0.05, 0) is 45.8 Å². The van der Waals surface area contributed by atoms with Gasteiger partial charge in [-0.3, -0.25) is 9.59 Å². The number of carboxylic acids is 2. The van der Waals surface area contributed by atoms with Crippen LogP contribution in [0.25, 0.3) is 35.9 Å². The average molecular weight is 620 g/mol. The minimum atomic E-state index is -0.916. The maximum absolute atomic E-state index is 11.5. The molecule has 3 aromatic heterocycles. The van der Waals surface area contributed by atoms with Gasteiger partial charge in [0.05, 0.1) is 6.26 Å². The van der Waals surface area contributed by atoms with Crippen LogP contribution in [0.5, 0.6) is 0 Å². The van der Waals surface area contributed by atoms with Gasteiger partial charge in [0.15, 0.2) is 0 Å². The molecule has 0 aromatic carbocycles. The van der Waals surface area contributed by atoms with Crippen molar-refractivity contribution >= 4 is 42.5 Å². The van der Waals surface area contributed by atoms with E-state index < -0.39 is 11.9 Å². The van der Waals surface area contributed by atoms with Crippen LogP contribution in [-0.2, 0) is 39.5 Å². The molecule has 0 saturated heterocycles. The average Bonchev–Trinajstić information content (AvgIpc) is 3.59. The predicted octanol–water partition coefficient (Wildman–Crippen LogP) is 2.07. The van der Waals surface area contributed by atoms with E-state index >= 15 is 0 Å². The maximum Gasteiger partial charge on any atom is 4.00 e. The van der Waals surface area contributed by atoms with Crippen LogP contribution in [0.2, 0.25) is 0 Å². The molecule has 0 fully saturated rings. The summed E-state index contributed by atoms with van der Waals surface area (Å²) in [6.45, 7) is 11.7. The minimum Gasteiger partial charge on any atom is -0.661 e. The quantitative estimate of drug-likeness (QED) is 0.268. The van der Waals surface area contributed by atoms with Gasteiger partial charge in [-0.1, -0.05) is 63.8 Å². The second kappa shape index (κ2) is 12.5. The van der Waals surface area contributed by atoms with E-state index in [1.165, 1.54) is 0 Å². The molecule has 3 aromatic rings. The van der Waals surface area contributed by atoms with Gasteiger partial charge >= 0.3 is 29.0 Å². The summed E-state index contributed by atoms with van der Waals surface area (Å²) < 4.78 is 0. The topological polar surface area (TPSA) is 151 Å². The van der Waals surface area contributed by atoms with Crippen molar-refractivity contribution in [3.8, 4) is 0 Å². The third-order valence-corrected chi connectivity index (χ3v) is 8.17. The number of aliphatic hydroxyl groups excluding tert-OH is 1. The van der Waals surface area contributed by atoms with Crippen molar-refractivity contribution < 1.29 is 42.0 Å². The van der Waals surface area contributed by atoms with Gasteiger partial charge in [-0.2, -0.15) is 0 Å². The number of aromatic nitrogens is 3. The summed E-state index contributed by atoms with van der Waals surface area (Å²) in [5, 5.41) is 36.2. The minimum absolute atomic E-state index is 0. The van der Waals surface area contributed by atoms with Crippen LogP contribution in [0.1, 0.15) is 64.7 Å². The number of hydrogen-bond donors (Lipinski definition) is 3. The van der Waals surface area contributed by atoms with Crippen LogP contribution < -0.4 is 36.2 Å². The van der Waals surface area contributed by atoms with Crippen molar-refractivity contribution in [2.75, 3.05) is 0 Å². The van der Waals surface area contributed by atoms with E-state index in [2.05, 4.69) is 6.58 Å². The fraction of sp³-hybridized carbons (Fsp3) is 0.273. The van der Waals surface area contributed by atoms with Gasteiger partial charge in [0.2, 0.25) is 0 Å². The number of allylic oxidation sites excluding steroid dienone is 2. The first-order chi connectivity index (χ1) is 20.0. The number of hydrogen-bond acceptors (Lipinski definition) is 3. The Morgan fingerprint density at radius 3 is 2.05 bits per heavy atom. The zero-order valence-electron chi connectivity index (χ0n) is 24.4. The SMILES string of the molecule is C=CC1C(C)=C2/C=c3\[n-]c(c(C)\c3=C/O)/C=c3\[n-]/c(c(CCC(=O)O)c3C)=C\c3[n-]c(c(C)c3CCC(=O)O)/C=C/1[N-]2.[Fe+4]. The summed E-state index contributed by atoms with van der Waals surface area (Å²) in [5.41, 5.74) is 8.38. The summed E-state index contributed by atoms with van der Waals surface area (Å²) in [7, 11) is 0. The van der Waals surface area contributed by atoms with E-state index in [1.54, 1.807) is 0 Å². The number of aliphatic carboxylic acids is 2. The second-order valence-electron chi connectivity index (χ2n) is 10.7. The van der Waals surface area contributed by atoms with Gasteiger partial charge in [0.25, 0.3) is 0 Å². The Labute approximate surface area is 259 Å². The van der Waals surface area contributed by atoms with E-state index in [-0.39, 0.29) is 48.7 Å². The van der Waals surface area contributed by atoms with Crippen LogP contribution in [0.4, 0.5) is 0 Å². The molecule has 0 saturated carbocycles. The van der Waals surface area contributed by atoms with Crippen LogP contribution in [0.3, 0.4) is 0 Å². The largest absolute Gasteiger partial charge is 4.00 e. The Kier molecular flexibility index (Phi) is 9.13. The molecule has 2 aliphatic heterocycles. The van der Waals surface area contributed by atoms with Crippen LogP contribution in [-0.4, -0.2) is 27.3 Å². The van der Waals surface area contributed by atoms with Crippen molar-refractivity contribution in [1.82, 2.24) is 15.0 Å². The Balaban J connectivity index is 0.00000423. The fourth-order valence-electron chi connectivity index (χ4n) is 5.66. The van der Waals surface area contributed by atoms with E-state index in [4.69, 9.17) is 20.3 Å². The molecule has 2 aliphatic rings. The number of fused-ring (bicyclic) bond motifs is 8. The Morgan fingerprint density at radius 1 is 0.791 bits per heavy atom. The zero-order valence-corrected chi connectivity index (χ0v) is 25.5. The normalized spacial score (nSPS) is 19.5. The van der Waals surface area contributed by atoms with E-state index in [0.29, 0.717) is 44.0 Å². The molecule has 8 bridgehead atoms. The molecule has 1 unspecified atom stereocenters. The smallest absolute Gasteiger partial charge is 0.661 e. The van der Waals surface area contributed by atoms with Crippen LogP contribution in [0.15, 0.2) is 29.6 Å². The summed E-state index contributed by atoms with van der Waals surface area (Å²) in [5.74, 6) is -1.98. The molecule has 3 N–H and O–H groups in total. The molecule has 0 spiro atoms. The summed E-state index contributed by atoms with van der Waals surface area (Å²) in [6.07, 6.45) is 10.7. The molecule has 43 heavy (non-hydrogen) atoms. The van der Waals surface area contributed by atoms with Gasteiger partial charge < -0.3 is 35.6 Å². The zero-order chi connectivity index (χ0) is 30.3. The second-order valence-corrected chi connectivity index (χ2v) is 10.7. The monoisotopic (exact) mass is 620 g/mol. The van der Waals surface area contributed by atoms with Gasteiger partial charge in [-0.25, -0.2) is 0 Å². The molecule has 1 atom stereocenters. The molecular formula is C33H32FeN4O5. The summed E-state index contributed by atoms with van der Waals surface area (Å²) in [4.78, 5) is 37.6. The molecule has 5 rings (SSSR count). The molecule has 0 amide bonds. The standard InChI is InChI=1S/C33H32N4O5.Fe/c1-6-20-16(2)26-13-31-23(15-38)19(5)25(37-31)11-24-17(3)21(7-9-32(39)40)29(35-24)14-30-22(8-10-33(41)42)18(4)27(36-30)12-28(20)34-26;/h6,11-15,20,38H,1,7-10H2,2-5H3,(H,39,40)(H,41,42);/q-4;+4/b23-15+,24-11-,28-12-,29-14-,31-13-;. The van der Waals surface area contributed by atoms with Gasteiger partial charge in [-0.15, -0.1) is 51.1 Å². The number of carboxylic acid groups (broad SMARTS) is 2. The molecule has 0 radical (unpaired) electrons. The van der Waals surface area contributed by atoms with Gasteiger partial charge in [0.1, 0.15) is 0 Å². The first-order valence-corrected chi connectivity index (χ1v) is 13.7. The molecule has 10 heteroatoms. The molecule has 222 valence electrons. The molecular weight excluding hydrogens is 588 g/mol. The Bertz CT molecular complexity index is 1950. The third kappa shape index (κ3) is 5.94. The number of rotatable bonds is 7. The van der Waals surface area contributed by atoms with Crippen LogP contribution >= 0.6 is 0 Å². The number of carbonyl (C=O) groups is 2. The van der Waals surface area contributed by atoms with E-state index in [1.807, 2.05) is 58.1 Å². The fourth-order valence-corrected chi connectivity index (χ4v) is 5.66. The molecule has 5 heterocycles. The van der Waals surface area contributed by atoms with Crippen molar-refractivity contribution in [3.63, 3.8) is 0 Å².